The molecule has 0 saturated carbocycles. The van der Waals surface area contributed by atoms with Gasteiger partial charge in [-0.1, -0.05) is 18.2 Å². The van der Waals surface area contributed by atoms with Crippen molar-refractivity contribution >= 4 is 26.6 Å². The standard InChI is InChI=1S/C26H24N6O3S/c1-16-17(2)30-32(18(16)3)24-15-25(29-19(4)28-24)35-22-12-10-21(11-13-22)31-36(33,34)23-9-5-7-20-8-6-14-27-26(20)23/h5-15,31H,1-4H3. The summed E-state index contributed by atoms with van der Waals surface area (Å²) in [7, 11) is -3.84. The molecule has 0 unspecified atom stereocenters. The van der Waals surface area contributed by atoms with Crippen LogP contribution in [0.5, 0.6) is 11.6 Å². The number of benzene rings is 2. The first kappa shape index (κ1) is 23.4. The highest BCUT2D eigenvalue weighted by Gasteiger charge is 2.18. The van der Waals surface area contributed by atoms with Crippen LogP contribution in [-0.2, 0) is 10.0 Å². The Hall–Kier alpha value is -4.31. The largest absolute Gasteiger partial charge is 0.439 e. The predicted octanol–water partition coefficient (Wildman–Crippen LogP) is 5.04. The number of sulfonamides is 1. The van der Waals surface area contributed by atoms with Gasteiger partial charge in [-0.05, 0) is 69.7 Å². The first-order valence-electron chi connectivity index (χ1n) is 11.2. The second-order valence-corrected chi connectivity index (χ2v) is 10.0. The van der Waals surface area contributed by atoms with E-state index in [0.29, 0.717) is 34.5 Å². The molecule has 3 aromatic heterocycles. The topological polar surface area (TPSA) is 112 Å². The molecule has 10 heteroatoms. The molecule has 2 aromatic carbocycles. The molecule has 0 radical (unpaired) electrons. The number of ether oxygens (including phenoxy) is 1. The van der Waals surface area contributed by atoms with Crippen molar-refractivity contribution in [1.82, 2.24) is 24.7 Å². The van der Waals surface area contributed by atoms with Crippen LogP contribution in [0.3, 0.4) is 0 Å². The summed E-state index contributed by atoms with van der Waals surface area (Å²) < 4.78 is 36.4. The lowest BCUT2D eigenvalue weighted by atomic mass is 10.2. The summed E-state index contributed by atoms with van der Waals surface area (Å²) in [6.45, 7) is 7.75. The van der Waals surface area contributed by atoms with Crippen molar-refractivity contribution in [2.45, 2.75) is 32.6 Å². The van der Waals surface area contributed by atoms with Crippen LogP contribution in [0.15, 0.2) is 71.8 Å². The van der Waals surface area contributed by atoms with Gasteiger partial charge in [0.05, 0.1) is 11.2 Å². The summed E-state index contributed by atoms with van der Waals surface area (Å²) in [5.74, 6) is 2.01. The second kappa shape index (κ2) is 9.04. The molecule has 5 aromatic rings. The van der Waals surface area contributed by atoms with Gasteiger partial charge in [-0.15, -0.1) is 0 Å². The van der Waals surface area contributed by atoms with Gasteiger partial charge in [0.25, 0.3) is 10.0 Å². The number of aromatic nitrogens is 5. The zero-order valence-corrected chi connectivity index (χ0v) is 21.0. The van der Waals surface area contributed by atoms with E-state index in [2.05, 4.69) is 24.8 Å². The fraction of sp³-hybridized carbons (Fsp3) is 0.154. The summed E-state index contributed by atoms with van der Waals surface area (Å²) in [4.78, 5) is 13.2. The second-order valence-electron chi connectivity index (χ2n) is 8.38. The predicted molar refractivity (Wildman–Crippen MR) is 137 cm³/mol. The van der Waals surface area contributed by atoms with Crippen molar-refractivity contribution in [2.75, 3.05) is 4.72 Å². The maximum absolute atomic E-state index is 13.0. The molecule has 0 aliphatic rings. The van der Waals surface area contributed by atoms with E-state index in [-0.39, 0.29) is 4.90 Å². The maximum Gasteiger partial charge on any atom is 0.264 e. The number of hydrogen-bond acceptors (Lipinski definition) is 7. The minimum atomic E-state index is -3.84. The minimum absolute atomic E-state index is 0.115. The molecule has 0 spiro atoms. The molecule has 0 aliphatic heterocycles. The molecule has 0 bridgehead atoms. The molecule has 0 saturated heterocycles. The van der Waals surface area contributed by atoms with Crippen LogP contribution in [0.25, 0.3) is 16.7 Å². The Balaban J connectivity index is 1.37. The summed E-state index contributed by atoms with van der Waals surface area (Å²) in [5.41, 5.74) is 3.84. The van der Waals surface area contributed by atoms with Crippen LogP contribution in [-0.4, -0.2) is 33.2 Å². The molecule has 3 heterocycles. The van der Waals surface area contributed by atoms with Gasteiger partial charge in [0.1, 0.15) is 16.5 Å². The Kier molecular flexibility index (Phi) is 5.89. The SMILES string of the molecule is Cc1nc(Oc2ccc(NS(=O)(=O)c3cccc4cccnc34)cc2)cc(-n2nc(C)c(C)c2C)n1. The Morgan fingerprint density at radius 1 is 0.917 bits per heavy atom. The lowest BCUT2D eigenvalue weighted by molar-refractivity contribution is 0.459. The molecule has 9 nitrogen and oxygen atoms in total. The van der Waals surface area contributed by atoms with Crippen molar-refractivity contribution in [2.24, 2.45) is 0 Å². The normalized spacial score (nSPS) is 11.6. The van der Waals surface area contributed by atoms with Crippen LogP contribution < -0.4 is 9.46 Å². The zero-order valence-electron chi connectivity index (χ0n) is 20.2. The van der Waals surface area contributed by atoms with Gasteiger partial charge < -0.3 is 4.74 Å². The average molecular weight is 501 g/mol. The van der Waals surface area contributed by atoms with Gasteiger partial charge in [-0.2, -0.15) is 10.1 Å². The van der Waals surface area contributed by atoms with Gasteiger partial charge in [0.15, 0.2) is 5.82 Å². The maximum atomic E-state index is 13.0. The molecule has 0 aliphatic carbocycles. The Morgan fingerprint density at radius 2 is 1.67 bits per heavy atom. The van der Waals surface area contributed by atoms with Crippen LogP contribution in [0.2, 0.25) is 0 Å². The number of aryl methyl sites for hydroxylation is 2. The summed E-state index contributed by atoms with van der Waals surface area (Å²) >= 11 is 0. The third-order valence-electron chi connectivity index (χ3n) is 5.89. The highest BCUT2D eigenvalue weighted by atomic mass is 32.2. The van der Waals surface area contributed by atoms with E-state index in [1.54, 1.807) is 60.3 Å². The Labute approximate surface area is 208 Å². The Bertz CT molecular complexity index is 1690. The van der Waals surface area contributed by atoms with Gasteiger partial charge in [-0.3, -0.25) is 9.71 Å². The first-order chi connectivity index (χ1) is 17.2. The molecule has 0 fully saturated rings. The molecule has 0 amide bonds. The molecule has 5 rings (SSSR count). The quantitative estimate of drug-likeness (QED) is 0.348. The van der Waals surface area contributed by atoms with Crippen LogP contribution in [0.4, 0.5) is 5.69 Å². The van der Waals surface area contributed by atoms with Gasteiger partial charge in [0, 0.05) is 29.0 Å². The molecule has 182 valence electrons. The van der Waals surface area contributed by atoms with Crippen molar-refractivity contribution in [3.05, 3.63) is 89.6 Å². The van der Waals surface area contributed by atoms with E-state index >= 15 is 0 Å². The Morgan fingerprint density at radius 3 is 2.39 bits per heavy atom. The highest BCUT2D eigenvalue weighted by molar-refractivity contribution is 7.93. The molecule has 36 heavy (non-hydrogen) atoms. The fourth-order valence-electron chi connectivity index (χ4n) is 3.84. The van der Waals surface area contributed by atoms with Crippen LogP contribution in [0, 0.1) is 27.7 Å². The summed E-state index contributed by atoms with van der Waals surface area (Å²) in [5, 5.41) is 5.31. The van der Waals surface area contributed by atoms with Crippen LogP contribution >= 0.6 is 0 Å². The van der Waals surface area contributed by atoms with Gasteiger partial charge >= 0.3 is 0 Å². The van der Waals surface area contributed by atoms with Crippen LogP contribution in [0.1, 0.15) is 22.8 Å². The molecular formula is C26H24N6O3S. The monoisotopic (exact) mass is 500 g/mol. The number of hydrogen-bond donors (Lipinski definition) is 1. The van der Waals surface area contributed by atoms with E-state index in [4.69, 9.17) is 4.74 Å². The third-order valence-corrected chi connectivity index (χ3v) is 7.30. The average Bonchev–Trinajstić information content (AvgIpc) is 3.11. The van der Waals surface area contributed by atoms with E-state index in [1.165, 1.54) is 6.07 Å². The van der Waals surface area contributed by atoms with E-state index < -0.39 is 10.0 Å². The van der Waals surface area contributed by atoms with Crippen molar-refractivity contribution in [3.8, 4) is 17.4 Å². The third kappa shape index (κ3) is 4.50. The molecular weight excluding hydrogens is 476 g/mol. The number of rotatable bonds is 6. The van der Waals surface area contributed by atoms with Gasteiger partial charge in [-0.25, -0.2) is 18.1 Å². The first-order valence-corrected chi connectivity index (χ1v) is 12.7. The summed E-state index contributed by atoms with van der Waals surface area (Å²) in [6.07, 6.45) is 1.57. The lowest BCUT2D eigenvalue weighted by Gasteiger charge is -2.11. The lowest BCUT2D eigenvalue weighted by Crippen LogP contribution is -2.13. The number of fused-ring (bicyclic) bond motifs is 1. The number of nitrogens with one attached hydrogen (secondary N) is 1. The molecule has 1 N–H and O–H groups in total. The van der Waals surface area contributed by atoms with E-state index in [0.717, 1.165) is 22.3 Å². The number of pyridine rings is 1. The van der Waals surface area contributed by atoms with E-state index in [9.17, 15) is 8.42 Å². The zero-order chi connectivity index (χ0) is 25.4. The van der Waals surface area contributed by atoms with Crippen molar-refractivity contribution in [1.29, 1.82) is 0 Å². The van der Waals surface area contributed by atoms with Crippen molar-refractivity contribution in [3.63, 3.8) is 0 Å². The van der Waals surface area contributed by atoms with E-state index in [1.807, 2.05) is 32.9 Å². The minimum Gasteiger partial charge on any atom is -0.439 e. The molecule has 0 atom stereocenters. The highest BCUT2D eigenvalue weighted by Crippen LogP contribution is 2.27. The smallest absolute Gasteiger partial charge is 0.264 e. The summed E-state index contributed by atoms with van der Waals surface area (Å²) in [6, 6.07) is 17.0. The van der Waals surface area contributed by atoms with Crippen molar-refractivity contribution < 1.29 is 13.2 Å². The fourth-order valence-corrected chi connectivity index (χ4v) is 5.08. The number of nitrogens with zero attached hydrogens (tertiary/aromatic N) is 5. The van der Waals surface area contributed by atoms with Gasteiger partial charge in [0.2, 0.25) is 5.88 Å². The number of para-hydroxylation sites is 1. The number of anilines is 1.